The van der Waals surface area contributed by atoms with Gasteiger partial charge in [0, 0.05) is 28.4 Å². The maximum absolute atomic E-state index is 11.6. The lowest BCUT2D eigenvalue weighted by Gasteiger charge is -2.18. The van der Waals surface area contributed by atoms with Crippen LogP contribution in [-0.2, 0) is 15.9 Å². The first kappa shape index (κ1) is 18.3. The number of halogens is 1. The van der Waals surface area contributed by atoms with Gasteiger partial charge < -0.3 is 9.47 Å². The molecule has 0 spiro atoms. The van der Waals surface area contributed by atoms with Crippen LogP contribution in [0.2, 0.25) is 5.02 Å². The van der Waals surface area contributed by atoms with Crippen LogP contribution >= 0.6 is 11.6 Å². The maximum Gasteiger partial charge on any atom is 0.508 e. The molecule has 0 saturated carbocycles. The van der Waals surface area contributed by atoms with Crippen molar-refractivity contribution in [2.45, 2.75) is 32.8 Å². The molecular formula is C20H21ClN2O3. The molecule has 0 fully saturated rings. The Hall–Kier alpha value is -2.53. The van der Waals surface area contributed by atoms with Crippen molar-refractivity contribution >= 4 is 28.5 Å². The Morgan fingerprint density at radius 1 is 1.15 bits per heavy atom. The summed E-state index contributed by atoms with van der Waals surface area (Å²) in [7, 11) is 0. The molecule has 0 aliphatic carbocycles. The van der Waals surface area contributed by atoms with Crippen molar-refractivity contribution in [3.8, 4) is 5.69 Å². The van der Waals surface area contributed by atoms with E-state index in [0.29, 0.717) is 11.4 Å². The van der Waals surface area contributed by atoms with Crippen LogP contribution in [0, 0.1) is 0 Å². The highest BCUT2D eigenvalue weighted by Crippen LogP contribution is 2.28. The Kier molecular flexibility index (Phi) is 5.18. The largest absolute Gasteiger partial charge is 0.508 e. The summed E-state index contributed by atoms with van der Waals surface area (Å²) in [6.07, 6.45) is 3.59. The van der Waals surface area contributed by atoms with Gasteiger partial charge in [-0.3, -0.25) is 0 Å². The van der Waals surface area contributed by atoms with Crippen LogP contribution in [0.1, 0.15) is 26.3 Å². The van der Waals surface area contributed by atoms with E-state index in [1.165, 1.54) is 0 Å². The predicted octanol–water partition coefficient (Wildman–Crippen LogP) is 5.17. The van der Waals surface area contributed by atoms with E-state index >= 15 is 0 Å². The van der Waals surface area contributed by atoms with Crippen LogP contribution in [0.15, 0.2) is 48.8 Å². The zero-order valence-electron chi connectivity index (χ0n) is 15.0. The second-order valence-corrected chi connectivity index (χ2v) is 7.38. The van der Waals surface area contributed by atoms with Gasteiger partial charge in [0.25, 0.3) is 0 Å². The van der Waals surface area contributed by atoms with Gasteiger partial charge in [0.15, 0.2) is 0 Å². The Balaban J connectivity index is 1.69. The smallest absolute Gasteiger partial charge is 0.434 e. The molecule has 0 radical (unpaired) electrons. The number of ether oxygens (including phenoxy) is 2. The molecule has 0 aliphatic rings. The molecule has 2 aromatic carbocycles. The quantitative estimate of drug-likeness (QED) is 0.592. The van der Waals surface area contributed by atoms with Crippen LogP contribution in [0.3, 0.4) is 0 Å². The zero-order valence-corrected chi connectivity index (χ0v) is 15.8. The number of rotatable bonds is 4. The molecule has 0 aliphatic heterocycles. The molecule has 0 N–H and O–H groups in total. The SMILES string of the molecule is CC(C)(C)OC(=O)OCCc1cnn(-c2ccc(Cl)c3ccccc23)c1. The Bertz CT molecular complexity index is 928. The maximum atomic E-state index is 11.6. The van der Waals surface area contributed by atoms with Crippen LogP contribution in [0.25, 0.3) is 16.5 Å². The molecule has 0 saturated heterocycles. The average molecular weight is 373 g/mol. The van der Waals surface area contributed by atoms with E-state index in [0.717, 1.165) is 22.0 Å². The average Bonchev–Trinajstić information content (AvgIpc) is 3.02. The first-order valence-electron chi connectivity index (χ1n) is 8.40. The van der Waals surface area contributed by atoms with E-state index in [-0.39, 0.29) is 6.61 Å². The third kappa shape index (κ3) is 4.35. The molecule has 5 nitrogen and oxygen atoms in total. The van der Waals surface area contributed by atoms with E-state index in [1.54, 1.807) is 27.0 Å². The summed E-state index contributed by atoms with van der Waals surface area (Å²) in [6.45, 7) is 5.64. The van der Waals surface area contributed by atoms with E-state index in [1.807, 2.05) is 47.3 Å². The van der Waals surface area contributed by atoms with Crippen molar-refractivity contribution in [2.75, 3.05) is 6.61 Å². The lowest BCUT2D eigenvalue weighted by Crippen LogP contribution is -2.24. The number of hydrogen-bond donors (Lipinski definition) is 0. The van der Waals surface area contributed by atoms with Crippen molar-refractivity contribution < 1.29 is 14.3 Å². The van der Waals surface area contributed by atoms with Crippen LogP contribution in [0.5, 0.6) is 0 Å². The summed E-state index contributed by atoms with van der Waals surface area (Å²) in [6, 6.07) is 11.7. The Morgan fingerprint density at radius 3 is 2.62 bits per heavy atom. The minimum Gasteiger partial charge on any atom is -0.434 e. The number of carbonyl (C=O) groups is 1. The van der Waals surface area contributed by atoms with Crippen LogP contribution in [0.4, 0.5) is 4.79 Å². The van der Waals surface area contributed by atoms with Gasteiger partial charge in [-0.2, -0.15) is 5.10 Å². The van der Waals surface area contributed by atoms with Crippen LogP contribution in [-0.4, -0.2) is 28.1 Å². The molecule has 136 valence electrons. The highest BCUT2D eigenvalue weighted by molar-refractivity contribution is 6.35. The van der Waals surface area contributed by atoms with Crippen molar-refractivity contribution in [2.24, 2.45) is 0 Å². The third-order valence-corrected chi connectivity index (χ3v) is 4.06. The molecule has 0 unspecified atom stereocenters. The zero-order chi connectivity index (χ0) is 18.7. The number of benzene rings is 2. The predicted molar refractivity (Wildman–Crippen MR) is 102 cm³/mol. The number of nitrogens with zero attached hydrogens (tertiary/aromatic N) is 2. The molecule has 0 atom stereocenters. The number of hydrogen-bond acceptors (Lipinski definition) is 4. The molecule has 0 bridgehead atoms. The standard InChI is InChI=1S/C20H21ClN2O3/c1-20(2,3)26-19(24)25-11-10-14-12-22-23(13-14)18-9-8-17(21)15-6-4-5-7-16(15)18/h4-9,12-13H,10-11H2,1-3H3. The van der Waals surface area contributed by atoms with Gasteiger partial charge in [0.05, 0.1) is 18.5 Å². The summed E-state index contributed by atoms with van der Waals surface area (Å²) in [4.78, 5) is 11.6. The van der Waals surface area contributed by atoms with Gasteiger partial charge in [-0.25, -0.2) is 9.48 Å². The van der Waals surface area contributed by atoms with Crippen molar-refractivity contribution in [1.82, 2.24) is 9.78 Å². The fourth-order valence-corrected chi connectivity index (χ4v) is 2.83. The van der Waals surface area contributed by atoms with Crippen molar-refractivity contribution in [3.05, 3.63) is 59.4 Å². The van der Waals surface area contributed by atoms with Gasteiger partial charge in [0.1, 0.15) is 5.60 Å². The molecule has 1 heterocycles. The van der Waals surface area contributed by atoms with E-state index in [4.69, 9.17) is 21.1 Å². The summed E-state index contributed by atoms with van der Waals surface area (Å²) >= 11 is 6.28. The van der Waals surface area contributed by atoms with Gasteiger partial charge in [-0.05, 0) is 38.5 Å². The van der Waals surface area contributed by atoms with Crippen molar-refractivity contribution in [1.29, 1.82) is 0 Å². The van der Waals surface area contributed by atoms with Gasteiger partial charge in [-0.1, -0.05) is 35.9 Å². The van der Waals surface area contributed by atoms with E-state index in [9.17, 15) is 4.79 Å². The minimum absolute atomic E-state index is 0.238. The normalized spacial score (nSPS) is 11.5. The van der Waals surface area contributed by atoms with Gasteiger partial charge >= 0.3 is 6.16 Å². The number of aromatic nitrogens is 2. The highest BCUT2D eigenvalue weighted by atomic mass is 35.5. The molecule has 3 aromatic rings. The first-order valence-corrected chi connectivity index (χ1v) is 8.78. The van der Waals surface area contributed by atoms with E-state index < -0.39 is 11.8 Å². The molecule has 1 aromatic heterocycles. The molecule has 26 heavy (non-hydrogen) atoms. The third-order valence-electron chi connectivity index (χ3n) is 3.73. The number of fused-ring (bicyclic) bond motifs is 1. The minimum atomic E-state index is -0.659. The lowest BCUT2D eigenvalue weighted by molar-refractivity contribution is -0.00662. The summed E-state index contributed by atoms with van der Waals surface area (Å²) in [5.41, 5.74) is 1.36. The molecule has 0 amide bonds. The van der Waals surface area contributed by atoms with E-state index in [2.05, 4.69) is 5.10 Å². The Labute approximate surface area is 157 Å². The summed E-state index contributed by atoms with van der Waals surface area (Å²) in [5.74, 6) is 0. The molecule has 6 heteroatoms. The highest BCUT2D eigenvalue weighted by Gasteiger charge is 2.17. The topological polar surface area (TPSA) is 53.4 Å². The fraction of sp³-hybridized carbons (Fsp3) is 0.300. The molecule has 3 rings (SSSR count). The fourth-order valence-electron chi connectivity index (χ4n) is 2.60. The van der Waals surface area contributed by atoms with Crippen molar-refractivity contribution in [3.63, 3.8) is 0 Å². The molecular weight excluding hydrogens is 352 g/mol. The second kappa shape index (κ2) is 7.38. The summed E-state index contributed by atoms with van der Waals surface area (Å²) in [5, 5.41) is 7.15. The number of carbonyl (C=O) groups excluding carboxylic acids is 1. The first-order chi connectivity index (χ1) is 12.3. The second-order valence-electron chi connectivity index (χ2n) is 6.97. The lowest BCUT2D eigenvalue weighted by atomic mass is 10.1. The van der Waals surface area contributed by atoms with Gasteiger partial charge in [-0.15, -0.1) is 0 Å². The Morgan fingerprint density at radius 2 is 1.88 bits per heavy atom. The summed E-state index contributed by atoms with van der Waals surface area (Å²) < 4.78 is 12.0. The van der Waals surface area contributed by atoms with Crippen LogP contribution < -0.4 is 0 Å². The monoisotopic (exact) mass is 372 g/mol. The van der Waals surface area contributed by atoms with Gasteiger partial charge in [0.2, 0.25) is 0 Å².